The van der Waals surface area contributed by atoms with Crippen molar-refractivity contribution < 1.29 is 13.9 Å². The van der Waals surface area contributed by atoms with E-state index in [0.717, 1.165) is 5.56 Å². The Kier molecular flexibility index (Phi) is 5.54. The minimum Gasteiger partial charge on any atom is -0.424 e. The molecule has 11 heteroatoms. The summed E-state index contributed by atoms with van der Waals surface area (Å²) in [4.78, 5) is 20.7. The van der Waals surface area contributed by atoms with Crippen LogP contribution in [0, 0.1) is 5.82 Å². The van der Waals surface area contributed by atoms with E-state index >= 15 is 0 Å². The predicted octanol–water partition coefficient (Wildman–Crippen LogP) is 4.39. The second-order valence-electron chi connectivity index (χ2n) is 7.88. The molecule has 0 saturated carbocycles. The minimum atomic E-state index is -0.619. The molecule has 3 heterocycles. The molecule has 4 rings (SSSR count). The largest absolute Gasteiger partial charge is 0.424 e. The molecule has 10 nitrogen and oxygen atoms in total. The van der Waals surface area contributed by atoms with Crippen LogP contribution in [0.5, 0.6) is 11.8 Å². The number of aromatic amines is 1. The van der Waals surface area contributed by atoms with Gasteiger partial charge in [-0.15, -0.1) is 0 Å². The number of carbonyl (C=O) groups excluding carboxylic acids is 1. The highest BCUT2D eigenvalue weighted by Gasteiger charge is 2.16. The van der Waals surface area contributed by atoms with Gasteiger partial charge in [-0.2, -0.15) is 15.2 Å². The van der Waals surface area contributed by atoms with Crippen molar-refractivity contribution in [3.05, 3.63) is 61.1 Å². The van der Waals surface area contributed by atoms with Gasteiger partial charge in [0.15, 0.2) is 0 Å². The van der Waals surface area contributed by atoms with Crippen molar-refractivity contribution in [1.29, 1.82) is 0 Å². The number of hydrogen-bond donors (Lipinski definition) is 3. The first kappa shape index (κ1) is 21.0. The number of carbonyl (C=O) groups is 1. The lowest BCUT2D eigenvalue weighted by Crippen LogP contribution is -2.22. The molecule has 0 saturated heterocycles. The van der Waals surface area contributed by atoms with Crippen LogP contribution in [0.2, 0.25) is 0 Å². The third kappa shape index (κ3) is 4.89. The maximum atomic E-state index is 14.3. The molecule has 0 aliphatic heterocycles. The van der Waals surface area contributed by atoms with Crippen molar-refractivity contribution >= 4 is 17.4 Å². The summed E-state index contributed by atoms with van der Waals surface area (Å²) >= 11 is 0. The Bertz CT molecular complexity index is 1230. The van der Waals surface area contributed by atoms with Crippen molar-refractivity contribution in [2.45, 2.75) is 26.3 Å². The molecule has 0 unspecified atom stereocenters. The zero-order valence-electron chi connectivity index (χ0n) is 17.6. The van der Waals surface area contributed by atoms with Crippen LogP contribution in [0.15, 0.2) is 55.2 Å². The Balaban J connectivity index is 1.45. The van der Waals surface area contributed by atoms with E-state index in [1.807, 2.05) is 20.8 Å². The lowest BCUT2D eigenvalue weighted by atomic mass is 10.1. The van der Waals surface area contributed by atoms with E-state index in [0.29, 0.717) is 11.4 Å². The fourth-order valence-electron chi connectivity index (χ4n) is 2.75. The number of anilines is 2. The van der Waals surface area contributed by atoms with Crippen LogP contribution >= 0.6 is 0 Å². The van der Waals surface area contributed by atoms with Gasteiger partial charge >= 0.3 is 12.0 Å². The Morgan fingerprint density at radius 1 is 1.19 bits per heavy atom. The summed E-state index contributed by atoms with van der Waals surface area (Å²) in [6, 6.07) is 5.11. The van der Waals surface area contributed by atoms with Crippen molar-refractivity contribution in [1.82, 2.24) is 29.9 Å². The number of nitrogens with one attached hydrogen (secondary N) is 3. The molecule has 1 aromatic carbocycles. The molecule has 0 radical (unpaired) electrons. The summed E-state index contributed by atoms with van der Waals surface area (Å²) in [7, 11) is 0. The van der Waals surface area contributed by atoms with E-state index in [1.54, 1.807) is 35.5 Å². The van der Waals surface area contributed by atoms with Crippen LogP contribution in [0.25, 0.3) is 11.3 Å². The third-order valence-corrected chi connectivity index (χ3v) is 4.35. The summed E-state index contributed by atoms with van der Waals surface area (Å²) in [6.45, 7) is 5.96. The quantitative estimate of drug-likeness (QED) is 0.426. The van der Waals surface area contributed by atoms with E-state index < -0.39 is 11.8 Å². The highest BCUT2D eigenvalue weighted by Crippen LogP contribution is 2.26. The van der Waals surface area contributed by atoms with Crippen molar-refractivity contribution in [2.75, 3.05) is 10.6 Å². The van der Waals surface area contributed by atoms with Gasteiger partial charge in [0.1, 0.15) is 11.6 Å². The zero-order chi connectivity index (χ0) is 22.7. The second-order valence-corrected chi connectivity index (χ2v) is 7.88. The van der Waals surface area contributed by atoms with E-state index in [-0.39, 0.29) is 23.0 Å². The molecule has 32 heavy (non-hydrogen) atoms. The summed E-state index contributed by atoms with van der Waals surface area (Å²) in [5.74, 6) is -0.363. The number of hydrogen-bond acceptors (Lipinski definition) is 6. The number of rotatable bonds is 5. The Hall–Kier alpha value is -4.28. The molecule has 0 aliphatic carbocycles. The fourth-order valence-corrected chi connectivity index (χ4v) is 2.75. The van der Waals surface area contributed by atoms with Gasteiger partial charge in [-0.1, -0.05) is 0 Å². The highest BCUT2D eigenvalue weighted by molar-refractivity contribution is 5.99. The number of amides is 2. The number of H-pyrrole nitrogens is 1. The Labute approximate surface area is 182 Å². The standard InChI is InChI=1S/C21H21FN8O2/c1-21(2,3)30-12-14(11-26-30)27-19(31)28-18-8-15(4-5-16(18)22)32-20-23-7-6-17(29-20)13-9-24-25-10-13/h4-12H,1-3H3,(H,24,25)(H2,27,28,31). The number of aromatic nitrogens is 6. The number of urea groups is 1. The molecule has 4 aromatic rings. The molecule has 0 aliphatic rings. The van der Waals surface area contributed by atoms with Gasteiger partial charge in [-0.05, 0) is 39.0 Å². The van der Waals surface area contributed by atoms with Crippen LogP contribution in [0.4, 0.5) is 20.6 Å². The van der Waals surface area contributed by atoms with Gasteiger partial charge in [0.05, 0.1) is 35.0 Å². The molecule has 0 bridgehead atoms. The molecule has 3 aromatic heterocycles. The molecule has 0 spiro atoms. The van der Waals surface area contributed by atoms with Crippen LogP contribution in [0.1, 0.15) is 20.8 Å². The normalized spacial score (nSPS) is 11.2. The van der Waals surface area contributed by atoms with Gasteiger partial charge < -0.3 is 15.4 Å². The number of ether oxygens (including phenoxy) is 1. The topological polar surface area (TPSA) is 123 Å². The smallest absolute Gasteiger partial charge is 0.323 e. The van der Waals surface area contributed by atoms with E-state index in [1.165, 1.54) is 24.4 Å². The average molecular weight is 436 g/mol. The predicted molar refractivity (Wildman–Crippen MR) is 116 cm³/mol. The van der Waals surface area contributed by atoms with Gasteiger partial charge in [-0.3, -0.25) is 9.78 Å². The number of halogens is 1. The van der Waals surface area contributed by atoms with Crippen molar-refractivity contribution in [3.63, 3.8) is 0 Å². The van der Waals surface area contributed by atoms with Gasteiger partial charge in [0.25, 0.3) is 0 Å². The monoisotopic (exact) mass is 436 g/mol. The fraction of sp³-hybridized carbons (Fsp3) is 0.190. The summed E-state index contributed by atoms with van der Waals surface area (Å²) in [5.41, 5.74) is 1.57. The molecule has 0 fully saturated rings. The molecular formula is C21H21FN8O2. The number of benzene rings is 1. The maximum absolute atomic E-state index is 14.3. The van der Waals surface area contributed by atoms with Gasteiger partial charge in [-0.25, -0.2) is 14.2 Å². The van der Waals surface area contributed by atoms with Crippen molar-refractivity contribution in [2.24, 2.45) is 0 Å². The summed E-state index contributed by atoms with van der Waals surface area (Å²) < 4.78 is 21.6. The molecule has 164 valence electrons. The van der Waals surface area contributed by atoms with Crippen LogP contribution in [-0.2, 0) is 5.54 Å². The maximum Gasteiger partial charge on any atom is 0.323 e. The SMILES string of the molecule is CC(C)(C)n1cc(NC(=O)Nc2cc(Oc3nccc(-c4cn[nH]c4)n3)ccc2F)cn1. The van der Waals surface area contributed by atoms with E-state index in [9.17, 15) is 9.18 Å². The first-order valence-corrected chi connectivity index (χ1v) is 9.71. The van der Waals surface area contributed by atoms with Gasteiger partial charge in [0, 0.05) is 30.2 Å². The molecule has 2 amide bonds. The first-order valence-electron chi connectivity index (χ1n) is 9.71. The van der Waals surface area contributed by atoms with E-state index in [2.05, 4.69) is 35.9 Å². The van der Waals surface area contributed by atoms with Crippen LogP contribution < -0.4 is 15.4 Å². The number of nitrogens with zero attached hydrogens (tertiary/aromatic N) is 5. The summed E-state index contributed by atoms with van der Waals surface area (Å²) in [5, 5.41) is 15.9. The average Bonchev–Trinajstić information content (AvgIpc) is 3.43. The van der Waals surface area contributed by atoms with Crippen LogP contribution in [0.3, 0.4) is 0 Å². The lowest BCUT2D eigenvalue weighted by Gasteiger charge is -2.18. The molecule has 0 atom stereocenters. The first-order chi connectivity index (χ1) is 15.3. The second kappa shape index (κ2) is 8.46. The van der Waals surface area contributed by atoms with Crippen LogP contribution in [-0.4, -0.2) is 36.0 Å². The zero-order valence-corrected chi connectivity index (χ0v) is 17.6. The third-order valence-electron chi connectivity index (χ3n) is 4.35. The lowest BCUT2D eigenvalue weighted by molar-refractivity contribution is 0.262. The Morgan fingerprint density at radius 2 is 2.03 bits per heavy atom. The molecule has 3 N–H and O–H groups in total. The summed E-state index contributed by atoms with van der Waals surface area (Å²) in [6.07, 6.45) is 8.06. The highest BCUT2D eigenvalue weighted by atomic mass is 19.1. The van der Waals surface area contributed by atoms with E-state index in [4.69, 9.17) is 4.74 Å². The molecular weight excluding hydrogens is 415 g/mol. The minimum absolute atomic E-state index is 0.0609. The Morgan fingerprint density at radius 3 is 2.75 bits per heavy atom. The van der Waals surface area contributed by atoms with Gasteiger partial charge in [0.2, 0.25) is 0 Å². The van der Waals surface area contributed by atoms with Crippen molar-refractivity contribution in [3.8, 4) is 23.0 Å².